The molecule has 0 saturated carbocycles. The van der Waals surface area contributed by atoms with Crippen LogP contribution in [-0.4, -0.2) is 66.5 Å². The molecule has 0 heterocycles. The van der Waals surface area contributed by atoms with Gasteiger partial charge in [-0.2, -0.15) is 0 Å². The zero-order chi connectivity index (χ0) is 48.4. The van der Waals surface area contributed by atoms with E-state index in [0.717, 1.165) is 122 Å². The van der Waals surface area contributed by atoms with Crippen LogP contribution in [0.1, 0.15) is 226 Å². The van der Waals surface area contributed by atoms with E-state index < -0.39 is 57.8 Å². The first-order chi connectivity index (χ1) is 32.2. The van der Waals surface area contributed by atoms with E-state index in [-0.39, 0.29) is 25.9 Å². The number of aliphatic hydroxyl groups excluding tert-OH is 1. The summed E-state index contributed by atoms with van der Waals surface area (Å²) in [7, 11) is -4.74. The van der Waals surface area contributed by atoms with Gasteiger partial charge in [-0.3, -0.25) is 23.4 Å². The summed E-state index contributed by atoms with van der Waals surface area (Å²) in [6, 6.07) is 0. The maximum absolute atomic E-state index is 12.8. The number of unbranched alkanes of at least 4 members (excludes halogenated alkanes) is 21. The van der Waals surface area contributed by atoms with Gasteiger partial charge in [0.05, 0.1) is 19.8 Å². The van der Waals surface area contributed by atoms with Crippen LogP contribution in [0, 0.1) is 0 Å². The number of ether oxygens (including phenoxy) is 3. The second-order valence-corrected chi connectivity index (χ2v) is 18.8. The summed E-state index contributed by atoms with van der Waals surface area (Å²) in [4.78, 5) is 48.2. The highest BCUT2D eigenvalue weighted by Gasteiger charge is 2.28. The minimum absolute atomic E-state index is 0.153. The molecule has 11 nitrogen and oxygen atoms in total. The summed E-state index contributed by atoms with van der Waals surface area (Å²) in [6.45, 7) is 4.41. The molecule has 0 aliphatic rings. The number of allylic oxidation sites excluding steroid dienone is 10. The highest BCUT2D eigenvalue weighted by Crippen LogP contribution is 2.43. The lowest BCUT2D eigenvalue weighted by Gasteiger charge is -2.21. The zero-order valence-corrected chi connectivity index (χ0v) is 42.8. The Kier molecular flexibility index (Phi) is 46.6. The number of phosphoric ester groups is 1. The molecule has 0 bridgehead atoms. The third-order valence-electron chi connectivity index (χ3n) is 10.9. The molecule has 0 spiro atoms. The number of esters is 3. The van der Waals surface area contributed by atoms with Crippen molar-refractivity contribution in [2.24, 2.45) is 0 Å². The van der Waals surface area contributed by atoms with Gasteiger partial charge in [-0.25, -0.2) is 4.57 Å². The Labute approximate surface area is 402 Å². The number of carbonyl (C=O) groups excluding carboxylic acids is 3. The van der Waals surface area contributed by atoms with Gasteiger partial charge in [0.2, 0.25) is 0 Å². The first kappa shape index (κ1) is 63.2. The number of rotatable bonds is 48. The molecular weight excluding hydrogens is 856 g/mol. The third-order valence-corrected chi connectivity index (χ3v) is 11.9. The molecule has 66 heavy (non-hydrogen) atoms. The van der Waals surface area contributed by atoms with Crippen LogP contribution in [0.3, 0.4) is 0 Å². The van der Waals surface area contributed by atoms with Crippen molar-refractivity contribution in [3.05, 3.63) is 60.8 Å². The van der Waals surface area contributed by atoms with Gasteiger partial charge in [0.25, 0.3) is 0 Å². The molecule has 0 radical (unpaired) electrons. The predicted molar refractivity (Wildman–Crippen MR) is 270 cm³/mol. The van der Waals surface area contributed by atoms with Gasteiger partial charge in [-0.15, -0.1) is 0 Å². The molecular formula is C54H95O11P. The molecule has 0 rings (SSSR count). The Hall–Kier alpha value is -2.82. The first-order valence-corrected chi connectivity index (χ1v) is 27.7. The number of phosphoric acid groups is 1. The predicted octanol–water partition coefficient (Wildman–Crippen LogP) is 14.8. The van der Waals surface area contributed by atoms with Crippen LogP contribution in [0.4, 0.5) is 0 Å². The molecule has 0 aromatic carbocycles. The number of aliphatic hydroxyl groups is 1. The first-order valence-electron chi connectivity index (χ1n) is 26.2. The van der Waals surface area contributed by atoms with Gasteiger partial charge in [0.1, 0.15) is 12.7 Å². The summed E-state index contributed by atoms with van der Waals surface area (Å²) in [5, 5.41) is 9.74. The Morgan fingerprint density at radius 1 is 0.439 bits per heavy atom. The molecule has 0 fully saturated rings. The van der Waals surface area contributed by atoms with E-state index in [1.165, 1.54) is 44.9 Å². The van der Waals surface area contributed by atoms with Crippen molar-refractivity contribution in [3.8, 4) is 0 Å². The van der Waals surface area contributed by atoms with Crippen molar-refractivity contribution >= 4 is 25.7 Å². The summed E-state index contributed by atoms with van der Waals surface area (Å²) in [5.74, 6) is -1.49. The second kappa shape index (κ2) is 48.6. The van der Waals surface area contributed by atoms with Crippen molar-refractivity contribution in [2.75, 3.05) is 26.4 Å². The van der Waals surface area contributed by atoms with E-state index in [9.17, 15) is 28.9 Å². The summed E-state index contributed by atoms with van der Waals surface area (Å²) in [6.07, 6.45) is 50.5. The molecule has 0 amide bonds. The Balaban J connectivity index is 4.77. The quantitative estimate of drug-likeness (QED) is 0.0197. The highest BCUT2D eigenvalue weighted by atomic mass is 31.2. The van der Waals surface area contributed by atoms with E-state index >= 15 is 0 Å². The molecule has 0 aromatic heterocycles. The molecule has 0 saturated heterocycles. The topological polar surface area (TPSA) is 155 Å². The lowest BCUT2D eigenvalue weighted by molar-refractivity contribution is -0.161. The average Bonchev–Trinajstić information content (AvgIpc) is 3.30. The van der Waals surface area contributed by atoms with Crippen LogP contribution in [0.25, 0.3) is 0 Å². The van der Waals surface area contributed by atoms with Gasteiger partial charge in [-0.1, -0.05) is 191 Å². The summed E-state index contributed by atoms with van der Waals surface area (Å²) < 4.78 is 39.3. The average molecular weight is 951 g/mol. The van der Waals surface area contributed by atoms with Crippen LogP contribution in [0.2, 0.25) is 0 Å². The van der Waals surface area contributed by atoms with Crippen molar-refractivity contribution in [1.82, 2.24) is 0 Å². The second-order valence-electron chi connectivity index (χ2n) is 17.3. The van der Waals surface area contributed by atoms with E-state index in [2.05, 4.69) is 81.5 Å². The number of carbonyl (C=O) groups is 3. The summed E-state index contributed by atoms with van der Waals surface area (Å²) in [5.41, 5.74) is 0. The fourth-order valence-corrected chi connectivity index (χ4v) is 7.72. The standard InChI is InChI=1S/C54H95O11P/c1-4-7-10-13-16-19-21-23-24-25-26-28-30-33-36-39-42-45-54(58)65-51(47-61-52(56)43-40-37-34-32-29-27-22-20-17-14-11-8-5-2)49-63-66(59,60)62-48-50(46-55)64-53(57)44-41-38-35-31-18-15-12-9-6-3/h7,10-11,14,16,19-20,22-24,50-51,55H,4-6,8-9,12-13,15,17-18,21,25-49H2,1-3H3,(H,59,60)/b10-7-,14-11-,19-16-,22-20-,24-23-. The minimum Gasteiger partial charge on any atom is -0.462 e. The van der Waals surface area contributed by atoms with Crippen molar-refractivity contribution < 1.29 is 52.2 Å². The van der Waals surface area contributed by atoms with E-state index in [0.29, 0.717) is 19.3 Å². The van der Waals surface area contributed by atoms with Gasteiger partial charge >= 0.3 is 25.7 Å². The molecule has 12 heteroatoms. The van der Waals surface area contributed by atoms with Gasteiger partial charge in [-0.05, 0) is 77.0 Å². The van der Waals surface area contributed by atoms with Crippen molar-refractivity contribution in [2.45, 2.75) is 238 Å². The lowest BCUT2D eigenvalue weighted by Crippen LogP contribution is -2.30. The highest BCUT2D eigenvalue weighted by molar-refractivity contribution is 7.47. The molecule has 2 N–H and O–H groups in total. The van der Waals surface area contributed by atoms with E-state index in [4.69, 9.17) is 23.3 Å². The molecule has 3 atom stereocenters. The van der Waals surface area contributed by atoms with Crippen molar-refractivity contribution in [1.29, 1.82) is 0 Å². The third kappa shape index (κ3) is 46.3. The van der Waals surface area contributed by atoms with E-state index in [1.807, 2.05) is 0 Å². The van der Waals surface area contributed by atoms with Crippen LogP contribution in [0.15, 0.2) is 60.8 Å². The molecule has 3 unspecified atom stereocenters. The Bertz CT molecular complexity index is 1340. The van der Waals surface area contributed by atoms with Gasteiger partial charge in [0.15, 0.2) is 6.10 Å². The Morgan fingerprint density at radius 3 is 1.27 bits per heavy atom. The monoisotopic (exact) mass is 951 g/mol. The molecule has 0 aromatic rings. The van der Waals surface area contributed by atoms with Gasteiger partial charge < -0.3 is 24.2 Å². The largest absolute Gasteiger partial charge is 0.472 e. The minimum atomic E-state index is -4.74. The maximum atomic E-state index is 12.8. The zero-order valence-electron chi connectivity index (χ0n) is 41.9. The molecule has 0 aliphatic heterocycles. The number of hydrogen-bond acceptors (Lipinski definition) is 10. The Morgan fingerprint density at radius 2 is 0.818 bits per heavy atom. The van der Waals surface area contributed by atoms with Crippen molar-refractivity contribution in [3.63, 3.8) is 0 Å². The van der Waals surface area contributed by atoms with Crippen LogP contribution < -0.4 is 0 Å². The SMILES string of the molecule is CC/C=C\C/C=C\C/C=C\CCCCCCCCCC(=O)OC(COC(=O)CCCCCCC/C=C\C/C=C\CCC)COP(=O)(O)OCC(CO)OC(=O)CCCCCCCCCCC. The fourth-order valence-electron chi connectivity index (χ4n) is 6.94. The maximum Gasteiger partial charge on any atom is 0.472 e. The van der Waals surface area contributed by atoms with Crippen LogP contribution in [0.5, 0.6) is 0 Å². The molecule has 382 valence electrons. The summed E-state index contributed by atoms with van der Waals surface area (Å²) >= 11 is 0. The fraction of sp³-hybridized carbons (Fsp3) is 0.759. The number of hydrogen-bond donors (Lipinski definition) is 2. The smallest absolute Gasteiger partial charge is 0.462 e. The van der Waals surface area contributed by atoms with Crippen LogP contribution in [-0.2, 0) is 42.2 Å². The van der Waals surface area contributed by atoms with Crippen LogP contribution >= 0.6 is 7.82 Å². The lowest BCUT2D eigenvalue weighted by atomic mass is 10.1. The molecule has 0 aliphatic carbocycles. The normalized spacial score (nSPS) is 14.0. The van der Waals surface area contributed by atoms with Gasteiger partial charge in [0, 0.05) is 19.3 Å². The van der Waals surface area contributed by atoms with E-state index in [1.54, 1.807) is 0 Å².